The normalized spacial score (nSPS) is 13.7. The molecule has 1 aliphatic carbocycles. The van der Waals surface area contributed by atoms with Crippen LogP contribution in [0.1, 0.15) is 33.9 Å². The van der Waals surface area contributed by atoms with Crippen molar-refractivity contribution in [1.82, 2.24) is 15.4 Å². The van der Waals surface area contributed by atoms with E-state index < -0.39 is 0 Å². The molecule has 0 aliphatic heterocycles. The Bertz CT molecular complexity index is 570. The standard InChI is InChI=1S/C11H12N4O2/c1-6-5-9(15-17-6)12-11(16)10-7-3-2-4-8(7)13-14-10/h5H,2-4H2,1H3,(H,13,14)(H,12,15,16). The van der Waals surface area contributed by atoms with E-state index in [9.17, 15) is 4.79 Å². The van der Waals surface area contributed by atoms with Crippen LogP contribution in [0.4, 0.5) is 5.82 Å². The fraction of sp³-hybridized carbons (Fsp3) is 0.364. The summed E-state index contributed by atoms with van der Waals surface area (Å²) in [5.41, 5.74) is 2.58. The van der Waals surface area contributed by atoms with Crippen molar-refractivity contribution < 1.29 is 9.32 Å². The van der Waals surface area contributed by atoms with Crippen molar-refractivity contribution in [2.45, 2.75) is 26.2 Å². The molecule has 6 heteroatoms. The van der Waals surface area contributed by atoms with Crippen LogP contribution in [0.5, 0.6) is 0 Å². The molecule has 0 bridgehead atoms. The number of amides is 1. The summed E-state index contributed by atoms with van der Waals surface area (Å²) in [5, 5.41) is 13.3. The molecule has 2 aromatic rings. The predicted octanol–water partition coefficient (Wildman–Crippen LogP) is 1.45. The number of hydrogen-bond acceptors (Lipinski definition) is 4. The first-order valence-corrected chi connectivity index (χ1v) is 5.55. The maximum atomic E-state index is 12.0. The fourth-order valence-electron chi connectivity index (χ4n) is 2.11. The molecule has 2 N–H and O–H groups in total. The molecule has 2 aromatic heterocycles. The molecule has 0 saturated carbocycles. The van der Waals surface area contributed by atoms with Gasteiger partial charge in [-0.15, -0.1) is 0 Å². The summed E-state index contributed by atoms with van der Waals surface area (Å²) < 4.78 is 4.88. The van der Waals surface area contributed by atoms with E-state index in [4.69, 9.17) is 4.52 Å². The minimum absolute atomic E-state index is 0.238. The zero-order chi connectivity index (χ0) is 11.8. The Balaban J connectivity index is 1.82. The number of H-pyrrole nitrogens is 1. The number of anilines is 1. The summed E-state index contributed by atoms with van der Waals surface area (Å²) in [4.78, 5) is 12.0. The summed E-state index contributed by atoms with van der Waals surface area (Å²) in [6.07, 6.45) is 2.96. The smallest absolute Gasteiger partial charge is 0.277 e. The number of carbonyl (C=O) groups excluding carboxylic acids is 1. The van der Waals surface area contributed by atoms with Gasteiger partial charge in [0.25, 0.3) is 5.91 Å². The van der Waals surface area contributed by atoms with Crippen LogP contribution < -0.4 is 5.32 Å². The summed E-state index contributed by atoms with van der Waals surface area (Å²) in [7, 11) is 0. The maximum absolute atomic E-state index is 12.0. The first-order chi connectivity index (χ1) is 8.24. The molecule has 1 aliphatic rings. The van der Waals surface area contributed by atoms with Crippen molar-refractivity contribution in [3.8, 4) is 0 Å². The van der Waals surface area contributed by atoms with Gasteiger partial charge in [0.1, 0.15) is 5.76 Å². The molecule has 6 nitrogen and oxygen atoms in total. The zero-order valence-electron chi connectivity index (χ0n) is 9.41. The van der Waals surface area contributed by atoms with E-state index in [1.165, 1.54) is 0 Å². The topological polar surface area (TPSA) is 83.8 Å². The van der Waals surface area contributed by atoms with E-state index in [1.54, 1.807) is 13.0 Å². The van der Waals surface area contributed by atoms with Gasteiger partial charge in [-0.05, 0) is 26.2 Å². The second-order valence-corrected chi connectivity index (χ2v) is 4.16. The molecule has 0 spiro atoms. The zero-order valence-corrected chi connectivity index (χ0v) is 9.41. The molecule has 2 heterocycles. The Labute approximate surface area is 97.4 Å². The highest BCUT2D eigenvalue weighted by Crippen LogP contribution is 2.23. The Morgan fingerprint density at radius 2 is 2.41 bits per heavy atom. The van der Waals surface area contributed by atoms with Gasteiger partial charge in [-0.1, -0.05) is 5.16 Å². The van der Waals surface area contributed by atoms with E-state index in [-0.39, 0.29) is 5.91 Å². The highest BCUT2D eigenvalue weighted by atomic mass is 16.5. The van der Waals surface area contributed by atoms with E-state index in [0.717, 1.165) is 30.5 Å². The largest absolute Gasteiger partial charge is 0.360 e. The number of aromatic amines is 1. The van der Waals surface area contributed by atoms with Gasteiger partial charge >= 0.3 is 0 Å². The van der Waals surface area contributed by atoms with Crippen molar-refractivity contribution >= 4 is 11.7 Å². The lowest BCUT2D eigenvalue weighted by Gasteiger charge is -1.99. The summed E-state index contributed by atoms with van der Waals surface area (Å²) in [6, 6.07) is 1.67. The molecular formula is C11H12N4O2. The molecular weight excluding hydrogens is 220 g/mol. The minimum atomic E-state index is -0.238. The lowest BCUT2D eigenvalue weighted by molar-refractivity contribution is 0.102. The SMILES string of the molecule is Cc1cc(NC(=O)c2n[nH]c3c2CCC3)no1. The average Bonchev–Trinajstić information content (AvgIpc) is 2.93. The second-order valence-electron chi connectivity index (χ2n) is 4.16. The Morgan fingerprint density at radius 3 is 3.18 bits per heavy atom. The van der Waals surface area contributed by atoms with E-state index in [1.807, 2.05) is 0 Å². The van der Waals surface area contributed by atoms with Gasteiger partial charge in [0.05, 0.1) is 0 Å². The molecule has 1 amide bonds. The quantitative estimate of drug-likeness (QED) is 0.820. The summed E-state index contributed by atoms with van der Waals surface area (Å²) in [5.74, 6) is 0.840. The van der Waals surface area contributed by atoms with Crippen LogP contribution in [0, 0.1) is 6.92 Å². The molecule has 0 saturated heterocycles. The van der Waals surface area contributed by atoms with Crippen LogP contribution >= 0.6 is 0 Å². The Hall–Kier alpha value is -2.11. The molecule has 88 valence electrons. The van der Waals surface area contributed by atoms with Crippen LogP contribution in [-0.2, 0) is 12.8 Å². The number of fused-ring (bicyclic) bond motifs is 1. The summed E-state index contributed by atoms with van der Waals surface area (Å²) in [6.45, 7) is 1.77. The molecule has 0 atom stereocenters. The van der Waals surface area contributed by atoms with Gasteiger partial charge in [-0.25, -0.2) is 0 Å². The third-order valence-electron chi connectivity index (χ3n) is 2.89. The Kier molecular flexibility index (Phi) is 2.21. The number of hydrogen-bond donors (Lipinski definition) is 2. The second kappa shape index (κ2) is 3.73. The molecule has 0 radical (unpaired) electrons. The lowest BCUT2D eigenvalue weighted by Crippen LogP contribution is -2.14. The van der Waals surface area contributed by atoms with Crippen molar-refractivity contribution in [3.05, 3.63) is 28.8 Å². The van der Waals surface area contributed by atoms with Gasteiger partial charge in [0.2, 0.25) is 0 Å². The van der Waals surface area contributed by atoms with Gasteiger partial charge < -0.3 is 9.84 Å². The van der Waals surface area contributed by atoms with Crippen molar-refractivity contribution in [3.63, 3.8) is 0 Å². The maximum Gasteiger partial charge on any atom is 0.277 e. The monoisotopic (exact) mass is 232 g/mol. The van der Waals surface area contributed by atoms with Crippen LogP contribution in [0.15, 0.2) is 10.6 Å². The van der Waals surface area contributed by atoms with Crippen LogP contribution in [-0.4, -0.2) is 21.3 Å². The highest BCUT2D eigenvalue weighted by Gasteiger charge is 2.23. The van der Waals surface area contributed by atoms with Gasteiger partial charge in [0, 0.05) is 17.3 Å². The molecule has 17 heavy (non-hydrogen) atoms. The highest BCUT2D eigenvalue weighted by molar-refractivity contribution is 6.03. The summed E-state index contributed by atoms with van der Waals surface area (Å²) >= 11 is 0. The Morgan fingerprint density at radius 1 is 1.53 bits per heavy atom. The lowest BCUT2D eigenvalue weighted by atomic mass is 10.2. The van der Waals surface area contributed by atoms with Crippen LogP contribution in [0.25, 0.3) is 0 Å². The van der Waals surface area contributed by atoms with Crippen LogP contribution in [0.3, 0.4) is 0 Å². The predicted molar refractivity (Wildman–Crippen MR) is 59.8 cm³/mol. The molecule has 0 aromatic carbocycles. The molecule has 0 fully saturated rings. The molecule has 3 rings (SSSR count). The first-order valence-electron chi connectivity index (χ1n) is 5.55. The number of aromatic nitrogens is 3. The third kappa shape index (κ3) is 1.71. The van der Waals surface area contributed by atoms with Gasteiger partial charge in [-0.3, -0.25) is 9.89 Å². The fourth-order valence-corrected chi connectivity index (χ4v) is 2.11. The first kappa shape index (κ1) is 10.1. The average molecular weight is 232 g/mol. The van der Waals surface area contributed by atoms with Crippen molar-refractivity contribution in [1.29, 1.82) is 0 Å². The van der Waals surface area contributed by atoms with Crippen molar-refractivity contribution in [2.24, 2.45) is 0 Å². The number of rotatable bonds is 2. The van der Waals surface area contributed by atoms with Crippen molar-refractivity contribution in [2.75, 3.05) is 5.32 Å². The minimum Gasteiger partial charge on any atom is -0.360 e. The van der Waals surface area contributed by atoms with Gasteiger partial charge in [-0.2, -0.15) is 5.10 Å². The van der Waals surface area contributed by atoms with Crippen LogP contribution in [0.2, 0.25) is 0 Å². The third-order valence-corrected chi connectivity index (χ3v) is 2.89. The van der Waals surface area contributed by atoms with Gasteiger partial charge in [0.15, 0.2) is 11.5 Å². The number of aryl methyl sites for hydroxylation is 2. The molecule has 0 unspecified atom stereocenters. The number of carbonyl (C=O) groups is 1. The number of nitrogens with one attached hydrogen (secondary N) is 2. The van der Waals surface area contributed by atoms with E-state index in [2.05, 4.69) is 20.7 Å². The van der Waals surface area contributed by atoms with E-state index >= 15 is 0 Å². The number of nitrogens with zero attached hydrogens (tertiary/aromatic N) is 2. The van der Waals surface area contributed by atoms with E-state index in [0.29, 0.717) is 17.3 Å².